The number of para-hydroxylation sites is 1. The van der Waals surface area contributed by atoms with Crippen LogP contribution >= 0.6 is 39.5 Å². The van der Waals surface area contributed by atoms with Crippen LogP contribution in [0.5, 0.6) is 5.75 Å². The molecule has 130 valence electrons. The van der Waals surface area contributed by atoms with Crippen LogP contribution in [-0.4, -0.2) is 25.2 Å². The van der Waals surface area contributed by atoms with Gasteiger partial charge in [-0.25, -0.2) is 4.79 Å². The Labute approximate surface area is 148 Å². The first-order valence-corrected chi connectivity index (χ1v) is 12.9. The van der Waals surface area contributed by atoms with Crippen LogP contribution in [0.15, 0.2) is 24.3 Å². The maximum atomic E-state index is 12.6. The maximum Gasteiger partial charge on any atom is 0.413 e. The van der Waals surface area contributed by atoms with Crippen LogP contribution in [0.2, 0.25) is 0 Å². The number of hydrogen-bond donors (Lipinski definition) is 1. The van der Waals surface area contributed by atoms with E-state index in [2.05, 4.69) is 5.32 Å². The summed E-state index contributed by atoms with van der Waals surface area (Å²) in [5.74, 6) is 0.618. The van der Waals surface area contributed by atoms with Crippen LogP contribution in [0.3, 0.4) is 0 Å². The lowest BCUT2D eigenvalue weighted by molar-refractivity contribution is 0.202. The van der Waals surface area contributed by atoms with Gasteiger partial charge in [-0.15, -0.1) is 0 Å². The summed E-state index contributed by atoms with van der Waals surface area (Å²) >= 11 is 2.84. The second kappa shape index (κ2) is 11.3. The fourth-order valence-electron chi connectivity index (χ4n) is 1.27. The molecule has 0 saturated heterocycles. The van der Waals surface area contributed by atoms with E-state index >= 15 is 0 Å². The number of aryl methyl sites for hydroxylation is 1. The number of carbonyl (C=O) groups is 1. The molecular weight excluding hydrogens is 377 g/mol. The fourth-order valence-corrected chi connectivity index (χ4v) is 8.09. The van der Waals surface area contributed by atoms with Crippen LogP contribution in [0, 0.1) is 6.92 Å². The number of carbonyl (C=O) groups excluding carboxylic acids is 1. The lowest BCUT2D eigenvalue weighted by Gasteiger charge is -2.14. The third-order valence-electron chi connectivity index (χ3n) is 2.26. The van der Waals surface area contributed by atoms with Crippen molar-refractivity contribution >= 4 is 45.5 Å². The highest BCUT2D eigenvalue weighted by atomic mass is 33.4. The van der Waals surface area contributed by atoms with Gasteiger partial charge < -0.3 is 18.4 Å². The van der Waals surface area contributed by atoms with E-state index in [1.54, 1.807) is 12.1 Å². The van der Waals surface area contributed by atoms with Crippen molar-refractivity contribution in [1.29, 1.82) is 0 Å². The third-order valence-corrected chi connectivity index (χ3v) is 11.0. The smallest absolute Gasteiger partial charge is 0.410 e. The zero-order valence-corrected chi connectivity index (χ0v) is 16.5. The van der Waals surface area contributed by atoms with Gasteiger partial charge in [0.2, 0.25) is 0 Å². The van der Waals surface area contributed by atoms with Gasteiger partial charge in [0.15, 0.2) is 0 Å². The average molecular weight is 397 g/mol. The molecule has 0 saturated carbocycles. The number of benzene rings is 1. The molecule has 0 aliphatic heterocycles. The SMILES string of the molecule is CCOSP(=O)(SCNC(=O)Oc1ccccc1C)SOCC. The first-order valence-electron chi connectivity index (χ1n) is 6.89. The van der Waals surface area contributed by atoms with E-state index < -0.39 is 10.8 Å². The zero-order valence-electron chi connectivity index (χ0n) is 13.1. The molecule has 1 aromatic carbocycles. The molecule has 0 spiro atoms. The van der Waals surface area contributed by atoms with Crippen molar-refractivity contribution < 1.29 is 22.5 Å². The second-order valence-corrected chi connectivity index (χ2v) is 14.6. The molecule has 23 heavy (non-hydrogen) atoms. The van der Waals surface area contributed by atoms with Gasteiger partial charge in [-0.2, -0.15) is 0 Å². The van der Waals surface area contributed by atoms with E-state index in [0.717, 1.165) is 40.3 Å². The molecule has 0 unspecified atom stereocenters. The van der Waals surface area contributed by atoms with Gasteiger partial charge in [-0.3, -0.25) is 4.57 Å². The fraction of sp³-hybridized carbons (Fsp3) is 0.462. The Bertz CT molecular complexity index is 534. The number of hydrogen-bond acceptors (Lipinski definition) is 8. The second-order valence-electron chi connectivity index (χ2n) is 4.01. The van der Waals surface area contributed by atoms with Crippen LogP contribution in [-0.2, 0) is 12.9 Å². The molecule has 0 bridgehead atoms. The summed E-state index contributed by atoms with van der Waals surface area (Å²) in [4.78, 5) is 11.8. The van der Waals surface area contributed by atoms with Crippen molar-refractivity contribution in [1.82, 2.24) is 5.32 Å². The normalized spacial score (nSPS) is 11.3. The Hall–Kier alpha value is -0.310. The molecule has 0 aliphatic rings. The number of nitrogens with one attached hydrogen (secondary N) is 1. The topological polar surface area (TPSA) is 73.9 Å². The van der Waals surface area contributed by atoms with Crippen LogP contribution in [0.4, 0.5) is 4.79 Å². The minimum absolute atomic E-state index is 0.127. The Morgan fingerprint density at radius 3 is 2.35 bits per heavy atom. The van der Waals surface area contributed by atoms with E-state index in [1.807, 2.05) is 32.9 Å². The third kappa shape index (κ3) is 8.37. The molecule has 10 heteroatoms. The van der Waals surface area contributed by atoms with Gasteiger partial charge >= 0.3 is 6.09 Å². The number of rotatable bonds is 10. The summed E-state index contributed by atoms with van der Waals surface area (Å²) in [6.45, 7) is 6.34. The number of amides is 1. The number of ether oxygens (including phenoxy) is 1. The largest absolute Gasteiger partial charge is 0.413 e. The highest BCUT2D eigenvalue weighted by Crippen LogP contribution is 2.78. The molecule has 1 N–H and O–H groups in total. The van der Waals surface area contributed by atoms with E-state index in [1.165, 1.54) is 0 Å². The minimum Gasteiger partial charge on any atom is -0.410 e. The van der Waals surface area contributed by atoms with Gasteiger partial charge in [0.05, 0.1) is 42.4 Å². The summed E-state index contributed by atoms with van der Waals surface area (Å²) in [7, 11) is 0. The minimum atomic E-state index is -2.87. The van der Waals surface area contributed by atoms with Crippen molar-refractivity contribution in [2.24, 2.45) is 0 Å². The van der Waals surface area contributed by atoms with Gasteiger partial charge in [0.25, 0.3) is 4.75 Å². The standard InChI is InChI=1S/C13H20NO5PS3/c1-4-17-22-20(16,23-18-5-2)21-10-14-13(15)19-12-9-7-6-8-11(12)3/h6-9H,4-5,10H2,1-3H3,(H,14,15). The van der Waals surface area contributed by atoms with Gasteiger partial charge in [-0.1, -0.05) is 29.6 Å². The molecule has 1 aromatic rings. The highest BCUT2D eigenvalue weighted by molar-refractivity contribution is 9.13. The van der Waals surface area contributed by atoms with Crippen LogP contribution in [0.25, 0.3) is 0 Å². The van der Waals surface area contributed by atoms with Crippen LogP contribution < -0.4 is 10.1 Å². The molecule has 0 atom stereocenters. The summed E-state index contributed by atoms with van der Waals surface area (Å²) < 4.78 is 25.2. The molecule has 0 fully saturated rings. The van der Waals surface area contributed by atoms with Gasteiger partial charge in [0.1, 0.15) is 5.75 Å². The van der Waals surface area contributed by atoms with Gasteiger partial charge in [-0.05, 0) is 32.4 Å². The Balaban J connectivity index is 2.44. The van der Waals surface area contributed by atoms with E-state index in [0.29, 0.717) is 19.0 Å². The molecule has 0 aromatic heterocycles. The van der Waals surface area contributed by atoms with Gasteiger partial charge in [0, 0.05) is 0 Å². The molecule has 1 rings (SSSR count). The van der Waals surface area contributed by atoms with E-state index in [4.69, 9.17) is 13.1 Å². The maximum absolute atomic E-state index is 12.6. The van der Waals surface area contributed by atoms with E-state index in [-0.39, 0.29) is 5.88 Å². The van der Waals surface area contributed by atoms with Crippen molar-refractivity contribution in [2.75, 3.05) is 19.1 Å². The summed E-state index contributed by atoms with van der Waals surface area (Å²) in [6.07, 6.45) is -0.596. The van der Waals surface area contributed by atoms with Crippen LogP contribution in [0.1, 0.15) is 19.4 Å². The van der Waals surface area contributed by atoms with Crippen molar-refractivity contribution in [3.63, 3.8) is 0 Å². The van der Waals surface area contributed by atoms with Crippen molar-refractivity contribution in [3.05, 3.63) is 29.8 Å². The molecule has 0 aliphatic carbocycles. The first-order chi connectivity index (χ1) is 11.0. The lowest BCUT2D eigenvalue weighted by atomic mass is 10.2. The predicted molar refractivity (Wildman–Crippen MR) is 98.8 cm³/mol. The monoisotopic (exact) mass is 397 g/mol. The summed E-state index contributed by atoms with van der Waals surface area (Å²) in [5, 5.41) is 2.56. The molecular formula is C13H20NO5PS3. The Kier molecular flexibility index (Phi) is 10.2. The molecule has 1 amide bonds. The van der Waals surface area contributed by atoms with Crippen molar-refractivity contribution in [2.45, 2.75) is 20.8 Å². The first kappa shape index (κ1) is 20.7. The Morgan fingerprint density at radius 2 is 1.78 bits per heavy atom. The molecule has 6 nitrogen and oxygen atoms in total. The molecule has 0 heterocycles. The molecule has 0 radical (unpaired) electrons. The highest BCUT2D eigenvalue weighted by Gasteiger charge is 2.28. The average Bonchev–Trinajstić information content (AvgIpc) is 2.53. The summed E-state index contributed by atoms with van der Waals surface area (Å²) in [6, 6.07) is 7.21. The van der Waals surface area contributed by atoms with Crippen molar-refractivity contribution in [3.8, 4) is 5.75 Å². The Morgan fingerprint density at radius 1 is 1.17 bits per heavy atom. The zero-order chi connectivity index (χ0) is 17.1. The summed E-state index contributed by atoms with van der Waals surface area (Å²) in [5.41, 5.74) is 0.861. The lowest BCUT2D eigenvalue weighted by Crippen LogP contribution is -2.26. The predicted octanol–water partition coefficient (Wildman–Crippen LogP) is 5.25. The quantitative estimate of drug-likeness (QED) is 0.326. The van der Waals surface area contributed by atoms with E-state index in [9.17, 15) is 9.36 Å².